The van der Waals surface area contributed by atoms with Gasteiger partial charge in [0.2, 0.25) is 0 Å². The number of ether oxygens (including phenoxy) is 1. The minimum absolute atomic E-state index is 0.304. The maximum absolute atomic E-state index is 13.7. The third-order valence-corrected chi connectivity index (χ3v) is 6.86. The van der Waals surface area contributed by atoms with E-state index in [4.69, 9.17) is 4.74 Å². The number of carbonyl (C=O) groups is 1. The number of anilines is 1. The van der Waals surface area contributed by atoms with E-state index in [2.05, 4.69) is 10.3 Å². The predicted molar refractivity (Wildman–Crippen MR) is 138 cm³/mol. The molecule has 0 radical (unpaired) electrons. The summed E-state index contributed by atoms with van der Waals surface area (Å²) in [5.74, 6) is -0.0701. The lowest BCUT2D eigenvalue weighted by atomic mass is 9.95. The minimum Gasteiger partial charge on any atom is -0.497 e. The van der Waals surface area contributed by atoms with Crippen LogP contribution >= 0.6 is 11.3 Å². The first-order valence-corrected chi connectivity index (χ1v) is 12.0. The number of nitrogens with zero attached hydrogens (tertiary/aromatic N) is 2. The van der Waals surface area contributed by atoms with Gasteiger partial charge >= 0.3 is 0 Å². The molecule has 180 valence electrons. The number of fused-ring (bicyclic) bond motifs is 1. The van der Waals surface area contributed by atoms with Crippen LogP contribution in [0.3, 0.4) is 0 Å². The number of halogens is 1. The van der Waals surface area contributed by atoms with Crippen molar-refractivity contribution >= 4 is 29.0 Å². The quantitative estimate of drug-likeness (QED) is 0.451. The second-order valence-electron chi connectivity index (χ2n) is 8.23. The van der Waals surface area contributed by atoms with Crippen LogP contribution in [0, 0.1) is 5.82 Å². The first-order chi connectivity index (χ1) is 17.4. The topological polar surface area (TPSA) is 72.7 Å². The molecule has 36 heavy (non-hydrogen) atoms. The van der Waals surface area contributed by atoms with Gasteiger partial charge in [-0.25, -0.2) is 9.38 Å². The molecule has 6 nitrogen and oxygen atoms in total. The largest absolute Gasteiger partial charge is 0.497 e. The number of amides is 1. The van der Waals surface area contributed by atoms with Crippen LogP contribution in [0.5, 0.6) is 5.75 Å². The Hall–Kier alpha value is -4.30. The minimum atomic E-state index is -0.703. The number of methoxy groups -OCH3 is 1. The Labute approximate surface area is 210 Å². The number of hydrogen-bond donors (Lipinski definition) is 1. The van der Waals surface area contributed by atoms with Gasteiger partial charge in [-0.15, -0.1) is 0 Å². The van der Waals surface area contributed by atoms with Gasteiger partial charge in [-0.05, 0) is 60.5 Å². The average molecular weight is 500 g/mol. The van der Waals surface area contributed by atoms with Gasteiger partial charge in [-0.1, -0.05) is 53.8 Å². The predicted octanol–water partition coefficient (Wildman–Crippen LogP) is 4.02. The lowest BCUT2D eigenvalue weighted by Crippen LogP contribution is -2.40. The first-order valence-electron chi connectivity index (χ1n) is 11.2. The van der Waals surface area contributed by atoms with Crippen molar-refractivity contribution in [3.63, 3.8) is 0 Å². The van der Waals surface area contributed by atoms with Crippen LogP contribution < -0.4 is 24.9 Å². The van der Waals surface area contributed by atoms with Crippen LogP contribution in [0.4, 0.5) is 10.1 Å². The Morgan fingerprint density at radius 2 is 1.83 bits per heavy atom. The molecule has 0 unspecified atom stereocenters. The van der Waals surface area contributed by atoms with E-state index < -0.39 is 6.04 Å². The Kier molecular flexibility index (Phi) is 6.35. The van der Waals surface area contributed by atoms with E-state index in [1.165, 1.54) is 28.0 Å². The lowest BCUT2D eigenvalue weighted by Gasteiger charge is -2.25. The molecule has 5 rings (SSSR count). The van der Waals surface area contributed by atoms with Crippen LogP contribution in [0.1, 0.15) is 24.1 Å². The van der Waals surface area contributed by atoms with Gasteiger partial charge in [0.1, 0.15) is 11.6 Å². The number of benzene rings is 3. The molecule has 0 saturated carbocycles. The Morgan fingerprint density at radius 1 is 1.08 bits per heavy atom. The summed E-state index contributed by atoms with van der Waals surface area (Å²) < 4.78 is 21.0. The summed E-state index contributed by atoms with van der Waals surface area (Å²) in [4.78, 5) is 32.3. The fourth-order valence-corrected chi connectivity index (χ4v) is 5.23. The number of aromatic nitrogens is 1. The van der Waals surface area contributed by atoms with Gasteiger partial charge in [0.15, 0.2) is 4.80 Å². The molecule has 8 heteroatoms. The third-order valence-electron chi connectivity index (χ3n) is 5.88. The van der Waals surface area contributed by atoms with Gasteiger partial charge in [0.05, 0.1) is 29.0 Å². The molecule has 2 heterocycles. The zero-order valence-corrected chi connectivity index (χ0v) is 20.4. The molecule has 1 atom stereocenters. The highest BCUT2D eigenvalue weighted by molar-refractivity contribution is 7.07. The highest BCUT2D eigenvalue weighted by Crippen LogP contribution is 2.31. The van der Waals surface area contributed by atoms with Gasteiger partial charge in [-0.3, -0.25) is 14.2 Å². The highest BCUT2D eigenvalue weighted by atomic mass is 32.1. The number of hydrogen-bond acceptors (Lipinski definition) is 5. The standard InChI is InChI=1S/C28H22FN3O3S/c1-17-24(26(33)31-21-9-4-3-5-10-21)25(19-11-13-22(35-2)14-12-19)32-27(34)23(36-28(32)30-17)16-18-7-6-8-20(29)15-18/h3-16,25H,1-2H3,(H,31,33)/b23-16+/t25-/m0/s1. The molecule has 1 N–H and O–H groups in total. The molecule has 0 bridgehead atoms. The highest BCUT2D eigenvalue weighted by Gasteiger charge is 2.32. The van der Waals surface area contributed by atoms with Gasteiger partial charge < -0.3 is 10.1 Å². The monoisotopic (exact) mass is 499 g/mol. The van der Waals surface area contributed by atoms with Crippen molar-refractivity contribution in [2.45, 2.75) is 13.0 Å². The molecule has 1 amide bonds. The van der Waals surface area contributed by atoms with E-state index >= 15 is 0 Å². The molecule has 3 aromatic carbocycles. The summed E-state index contributed by atoms with van der Waals surface area (Å²) in [5.41, 5.74) is 2.53. The summed E-state index contributed by atoms with van der Waals surface area (Å²) in [5, 5.41) is 2.92. The molecule has 4 aromatic rings. The first kappa shape index (κ1) is 23.4. The number of rotatable bonds is 5. The fraction of sp³-hybridized carbons (Fsp3) is 0.107. The molecule has 0 fully saturated rings. The fourth-order valence-electron chi connectivity index (χ4n) is 4.18. The van der Waals surface area contributed by atoms with Crippen molar-refractivity contribution in [3.05, 3.63) is 127 Å². The van der Waals surface area contributed by atoms with Crippen molar-refractivity contribution in [2.24, 2.45) is 4.99 Å². The van der Waals surface area contributed by atoms with Crippen molar-refractivity contribution in [3.8, 4) is 5.75 Å². The number of para-hydroxylation sites is 1. The SMILES string of the molecule is COc1ccc([C@H]2C(C(=O)Nc3ccccc3)=C(C)N=c3s/c(=C/c4cccc(F)c4)c(=O)n32)cc1. The Morgan fingerprint density at radius 3 is 2.53 bits per heavy atom. The molecule has 0 saturated heterocycles. The second-order valence-corrected chi connectivity index (χ2v) is 9.24. The molecule has 1 aliphatic heterocycles. The van der Waals surface area contributed by atoms with E-state index in [1.807, 2.05) is 30.3 Å². The molecule has 1 aliphatic rings. The zero-order valence-electron chi connectivity index (χ0n) is 19.6. The van der Waals surface area contributed by atoms with Crippen LogP contribution in [-0.2, 0) is 4.79 Å². The summed E-state index contributed by atoms with van der Waals surface area (Å²) in [6.07, 6.45) is 1.64. The van der Waals surface area contributed by atoms with Gasteiger partial charge in [0, 0.05) is 5.69 Å². The van der Waals surface area contributed by atoms with E-state index in [0.29, 0.717) is 37.6 Å². The van der Waals surface area contributed by atoms with Crippen LogP contribution in [0.15, 0.2) is 99.9 Å². The van der Waals surface area contributed by atoms with Crippen molar-refractivity contribution in [2.75, 3.05) is 12.4 Å². The third kappa shape index (κ3) is 4.50. The van der Waals surface area contributed by atoms with Crippen molar-refractivity contribution in [1.29, 1.82) is 0 Å². The Balaban J connectivity index is 1.68. The van der Waals surface area contributed by atoms with Gasteiger partial charge in [0.25, 0.3) is 11.5 Å². The summed E-state index contributed by atoms with van der Waals surface area (Å²) in [6, 6.07) is 21.7. The lowest BCUT2D eigenvalue weighted by molar-refractivity contribution is -0.113. The van der Waals surface area contributed by atoms with E-state index in [9.17, 15) is 14.0 Å². The summed E-state index contributed by atoms with van der Waals surface area (Å²) in [6.45, 7) is 1.76. The molecular weight excluding hydrogens is 477 g/mol. The maximum atomic E-state index is 13.7. The normalized spacial score (nSPS) is 15.3. The van der Waals surface area contributed by atoms with Crippen LogP contribution in [0.2, 0.25) is 0 Å². The van der Waals surface area contributed by atoms with E-state index in [1.54, 1.807) is 56.5 Å². The summed E-state index contributed by atoms with van der Waals surface area (Å²) in [7, 11) is 1.58. The second kappa shape index (κ2) is 9.75. The molecule has 0 spiro atoms. The van der Waals surface area contributed by atoms with Crippen LogP contribution in [-0.4, -0.2) is 17.6 Å². The Bertz CT molecular complexity index is 1650. The molecule has 0 aliphatic carbocycles. The van der Waals surface area contributed by atoms with Crippen molar-refractivity contribution < 1.29 is 13.9 Å². The summed E-state index contributed by atoms with van der Waals surface area (Å²) >= 11 is 1.21. The number of allylic oxidation sites excluding steroid dienone is 1. The zero-order chi connectivity index (χ0) is 25.2. The number of thiazole rings is 1. The molecule has 1 aromatic heterocycles. The smallest absolute Gasteiger partial charge is 0.271 e. The van der Waals surface area contributed by atoms with Gasteiger partial charge in [-0.2, -0.15) is 0 Å². The van der Waals surface area contributed by atoms with E-state index in [-0.39, 0.29) is 17.3 Å². The maximum Gasteiger partial charge on any atom is 0.271 e. The number of carbonyl (C=O) groups excluding carboxylic acids is 1. The molecular formula is C28H22FN3O3S. The number of nitrogens with one attached hydrogen (secondary N) is 1. The van der Waals surface area contributed by atoms with E-state index in [0.717, 1.165) is 5.56 Å². The van der Waals surface area contributed by atoms with Crippen molar-refractivity contribution in [1.82, 2.24) is 4.57 Å². The van der Waals surface area contributed by atoms with Crippen LogP contribution in [0.25, 0.3) is 6.08 Å². The average Bonchev–Trinajstić information content (AvgIpc) is 3.18.